The Labute approximate surface area is 160 Å². The number of benzene rings is 2. The van der Waals surface area contributed by atoms with Gasteiger partial charge in [0.05, 0.1) is 6.04 Å². The van der Waals surface area contributed by atoms with E-state index in [4.69, 9.17) is 5.73 Å². The molecule has 0 radical (unpaired) electrons. The van der Waals surface area contributed by atoms with Crippen LogP contribution in [0.1, 0.15) is 43.5 Å². The molecule has 2 aromatic rings. The largest absolute Gasteiger partial charge is 0.399 e. The van der Waals surface area contributed by atoms with E-state index in [0.717, 1.165) is 11.1 Å². The highest BCUT2D eigenvalue weighted by molar-refractivity contribution is 9.10. The minimum absolute atomic E-state index is 0.0602. The van der Waals surface area contributed by atoms with Gasteiger partial charge in [0.2, 0.25) is 0 Å². The lowest BCUT2D eigenvalue weighted by molar-refractivity contribution is 0.0653. The van der Waals surface area contributed by atoms with Crippen molar-refractivity contribution < 1.29 is 13.2 Å². The van der Waals surface area contributed by atoms with Crippen molar-refractivity contribution in [2.75, 3.05) is 12.3 Å². The van der Waals surface area contributed by atoms with Gasteiger partial charge in [0.25, 0.3) is 0 Å². The molecule has 0 fully saturated rings. The lowest BCUT2D eigenvalue weighted by Gasteiger charge is -2.44. The first-order valence-electron chi connectivity index (χ1n) is 8.54. The van der Waals surface area contributed by atoms with Crippen LogP contribution in [0.3, 0.4) is 0 Å². The van der Waals surface area contributed by atoms with E-state index in [2.05, 4.69) is 15.9 Å². The summed E-state index contributed by atoms with van der Waals surface area (Å²) in [6.45, 7) is 4.96. The summed E-state index contributed by atoms with van der Waals surface area (Å²) < 4.78 is 44.4. The SMILES string of the molecule is C[C@@H]1Cc2cc(N)ccc2[C@@H](c2c(F)cc(Br)cc2F)N1CC(C)(C)F. The van der Waals surface area contributed by atoms with Crippen molar-refractivity contribution in [1.29, 1.82) is 0 Å². The lowest BCUT2D eigenvalue weighted by atomic mass is 9.83. The van der Waals surface area contributed by atoms with Crippen LogP contribution >= 0.6 is 15.9 Å². The van der Waals surface area contributed by atoms with Crippen molar-refractivity contribution in [3.63, 3.8) is 0 Å². The molecule has 3 rings (SSSR count). The summed E-state index contributed by atoms with van der Waals surface area (Å²) in [5.74, 6) is -1.30. The zero-order chi connectivity index (χ0) is 19.2. The number of nitrogen functional groups attached to an aromatic ring is 1. The van der Waals surface area contributed by atoms with Crippen molar-refractivity contribution in [3.05, 3.63) is 63.1 Å². The number of nitrogens with two attached hydrogens (primary N) is 1. The third kappa shape index (κ3) is 3.76. The molecule has 2 nitrogen and oxygen atoms in total. The first-order valence-corrected chi connectivity index (χ1v) is 9.33. The van der Waals surface area contributed by atoms with E-state index in [1.165, 1.54) is 26.0 Å². The summed E-state index contributed by atoms with van der Waals surface area (Å²) in [5.41, 5.74) is 6.65. The van der Waals surface area contributed by atoms with E-state index in [9.17, 15) is 13.2 Å². The Bertz CT molecular complexity index is 809. The van der Waals surface area contributed by atoms with Gasteiger partial charge in [-0.15, -0.1) is 0 Å². The molecular formula is C20H22BrF3N2. The highest BCUT2D eigenvalue weighted by Crippen LogP contribution is 2.42. The van der Waals surface area contributed by atoms with Crippen LogP contribution < -0.4 is 5.73 Å². The van der Waals surface area contributed by atoms with Gasteiger partial charge in [0.1, 0.15) is 17.3 Å². The van der Waals surface area contributed by atoms with Crippen LogP contribution in [0.25, 0.3) is 0 Å². The van der Waals surface area contributed by atoms with Crippen LogP contribution in [-0.4, -0.2) is 23.2 Å². The summed E-state index contributed by atoms with van der Waals surface area (Å²) in [5, 5.41) is 0. The highest BCUT2D eigenvalue weighted by Gasteiger charge is 2.39. The molecule has 0 spiro atoms. The average Bonchev–Trinajstić information content (AvgIpc) is 2.47. The Kier molecular flexibility index (Phi) is 5.10. The Morgan fingerprint density at radius 2 is 1.81 bits per heavy atom. The zero-order valence-electron chi connectivity index (χ0n) is 15.0. The smallest absolute Gasteiger partial charge is 0.132 e. The van der Waals surface area contributed by atoms with Crippen molar-refractivity contribution >= 4 is 21.6 Å². The Balaban J connectivity index is 2.22. The van der Waals surface area contributed by atoms with Crippen molar-refractivity contribution in [3.8, 4) is 0 Å². The minimum Gasteiger partial charge on any atom is -0.399 e. The molecule has 2 atom stereocenters. The molecule has 140 valence electrons. The van der Waals surface area contributed by atoms with Crippen LogP contribution in [0.4, 0.5) is 18.9 Å². The molecule has 0 bridgehead atoms. The molecule has 2 aromatic carbocycles. The van der Waals surface area contributed by atoms with E-state index >= 15 is 0 Å². The van der Waals surface area contributed by atoms with Crippen LogP contribution in [-0.2, 0) is 6.42 Å². The summed E-state index contributed by atoms with van der Waals surface area (Å²) >= 11 is 3.12. The topological polar surface area (TPSA) is 29.3 Å². The molecule has 0 unspecified atom stereocenters. The number of anilines is 1. The number of alkyl halides is 1. The fourth-order valence-corrected chi connectivity index (χ4v) is 4.16. The molecule has 2 N–H and O–H groups in total. The van der Waals surface area contributed by atoms with Gasteiger partial charge in [-0.25, -0.2) is 13.2 Å². The van der Waals surface area contributed by atoms with E-state index in [0.29, 0.717) is 16.6 Å². The monoisotopic (exact) mass is 426 g/mol. The van der Waals surface area contributed by atoms with E-state index in [-0.39, 0.29) is 18.2 Å². The Morgan fingerprint density at radius 1 is 1.19 bits per heavy atom. The average molecular weight is 427 g/mol. The van der Waals surface area contributed by atoms with Gasteiger partial charge < -0.3 is 5.73 Å². The first kappa shape index (κ1) is 19.2. The molecule has 6 heteroatoms. The summed E-state index contributed by atoms with van der Waals surface area (Å²) in [7, 11) is 0. The second-order valence-electron chi connectivity index (χ2n) is 7.59. The molecule has 0 aliphatic carbocycles. The second kappa shape index (κ2) is 6.89. The molecular weight excluding hydrogens is 405 g/mol. The third-order valence-corrected chi connectivity index (χ3v) is 5.21. The predicted octanol–water partition coefficient (Wildman–Crippen LogP) is 5.39. The highest BCUT2D eigenvalue weighted by atomic mass is 79.9. The first-order chi connectivity index (χ1) is 12.1. The molecule has 1 aliphatic heterocycles. The maximum atomic E-state index is 14.8. The van der Waals surface area contributed by atoms with Gasteiger partial charge in [-0.05, 0) is 62.6 Å². The van der Waals surface area contributed by atoms with Crippen molar-refractivity contribution in [2.45, 2.75) is 44.9 Å². The van der Waals surface area contributed by atoms with Crippen LogP contribution in [0.2, 0.25) is 0 Å². The number of fused-ring (bicyclic) bond motifs is 1. The van der Waals surface area contributed by atoms with E-state index < -0.39 is 23.3 Å². The van der Waals surface area contributed by atoms with Crippen LogP contribution in [0.5, 0.6) is 0 Å². The van der Waals surface area contributed by atoms with Gasteiger partial charge in [0.15, 0.2) is 0 Å². The Hall–Kier alpha value is -1.53. The van der Waals surface area contributed by atoms with E-state index in [1.54, 1.807) is 12.1 Å². The third-order valence-electron chi connectivity index (χ3n) is 4.75. The van der Waals surface area contributed by atoms with Gasteiger partial charge >= 0.3 is 0 Å². The minimum atomic E-state index is -1.50. The van der Waals surface area contributed by atoms with Crippen molar-refractivity contribution in [1.82, 2.24) is 4.90 Å². The van der Waals surface area contributed by atoms with Gasteiger partial charge in [0, 0.05) is 28.3 Å². The van der Waals surface area contributed by atoms with E-state index in [1.807, 2.05) is 17.9 Å². The quantitative estimate of drug-likeness (QED) is 0.666. The molecule has 0 saturated heterocycles. The second-order valence-corrected chi connectivity index (χ2v) is 8.50. The van der Waals surface area contributed by atoms with Crippen molar-refractivity contribution in [2.24, 2.45) is 0 Å². The molecule has 1 heterocycles. The fourth-order valence-electron chi connectivity index (χ4n) is 3.76. The molecule has 0 amide bonds. The number of rotatable bonds is 3. The number of hydrogen-bond donors (Lipinski definition) is 1. The Morgan fingerprint density at radius 3 is 2.38 bits per heavy atom. The van der Waals surface area contributed by atoms with Crippen LogP contribution in [0.15, 0.2) is 34.8 Å². The number of halogens is 4. The maximum Gasteiger partial charge on any atom is 0.132 e. The maximum absolute atomic E-state index is 14.8. The zero-order valence-corrected chi connectivity index (χ0v) is 16.6. The standard InChI is InChI=1S/C20H22BrF3N2/c1-11-6-12-7-14(25)4-5-15(12)19(26(11)10-20(2,3)24)18-16(22)8-13(21)9-17(18)23/h4-5,7-9,11,19H,6,10,25H2,1-3H3/t11-,19+/m1/s1. The van der Waals surface area contributed by atoms with Gasteiger partial charge in [-0.3, -0.25) is 4.90 Å². The molecule has 0 saturated carbocycles. The molecule has 1 aliphatic rings. The number of nitrogens with zero attached hydrogens (tertiary/aromatic N) is 1. The lowest BCUT2D eigenvalue weighted by Crippen LogP contribution is -2.48. The van der Waals surface area contributed by atoms with Gasteiger partial charge in [-0.1, -0.05) is 22.0 Å². The summed E-state index contributed by atoms with van der Waals surface area (Å²) in [4.78, 5) is 1.84. The normalized spacial score (nSPS) is 20.9. The van der Waals surface area contributed by atoms with Crippen LogP contribution in [0, 0.1) is 11.6 Å². The summed E-state index contributed by atoms with van der Waals surface area (Å²) in [6.07, 6.45) is 0.646. The predicted molar refractivity (Wildman–Crippen MR) is 102 cm³/mol. The molecule has 0 aromatic heterocycles. The fraction of sp³-hybridized carbons (Fsp3) is 0.400. The van der Waals surface area contributed by atoms with Gasteiger partial charge in [-0.2, -0.15) is 0 Å². The summed E-state index contributed by atoms with van der Waals surface area (Å²) in [6, 6.07) is 7.03. The number of hydrogen-bond acceptors (Lipinski definition) is 2. The molecule has 26 heavy (non-hydrogen) atoms.